The van der Waals surface area contributed by atoms with E-state index in [4.69, 9.17) is 26.8 Å². The average molecular weight is 320 g/mol. The van der Waals surface area contributed by atoms with Crippen molar-refractivity contribution in [3.63, 3.8) is 0 Å². The van der Waals surface area contributed by atoms with Crippen LogP contribution >= 0.6 is 6.49 Å². The monoisotopic (exact) mass is 320 g/mol. The van der Waals surface area contributed by atoms with E-state index in [1.807, 2.05) is 0 Å². The number of ether oxygens (including phenoxy) is 1. The number of nitrogen functional groups attached to an aromatic ring is 1. The third-order valence-electron chi connectivity index (χ3n) is 2.41. The van der Waals surface area contributed by atoms with Crippen molar-refractivity contribution in [1.29, 1.82) is 0 Å². The summed E-state index contributed by atoms with van der Waals surface area (Å²) in [5.74, 6) is 0.162. The van der Waals surface area contributed by atoms with Gasteiger partial charge in [-0.05, 0) is 23.9 Å². The van der Waals surface area contributed by atoms with E-state index in [1.165, 1.54) is 23.5 Å². The summed E-state index contributed by atoms with van der Waals surface area (Å²) in [6, 6.07) is 1.52. The molecule has 10 heteroatoms. The maximum Gasteiger partial charge on any atom is 0.351 e. The average Bonchev–Trinajstić information content (AvgIpc) is 2.74. The van der Waals surface area contributed by atoms with Crippen LogP contribution in [0, 0.1) is 0 Å². The van der Waals surface area contributed by atoms with Gasteiger partial charge in [0.2, 0.25) is 0 Å². The zero-order chi connectivity index (χ0) is 14.0. The summed E-state index contributed by atoms with van der Waals surface area (Å²) in [5, 5.41) is 0. The molecule has 112 valence electrons. The second kappa shape index (κ2) is 6.57. The first-order valence-electron chi connectivity index (χ1n) is 5.48. The molecule has 0 saturated carbocycles. The SMILES string of the molecule is CP(O)(=S)OCC1C=CC(n2ccc(N)nc2=O)O1.N. The topological polar surface area (TPSA) is 135 Å². The Morgan fingerprint density at radius 1 is 1.65 bits per heavy atom. The van der Waals surface area contributed by atoms with Gasteiger partial charge in [-0.3, -0.25) is 4.57 Å². The maximum absolute atomic E-state index is 11.6. The number of hydrogen-bond acceptors (Lipinski definition) is 7. The smallest absolute Gasteiger partial charge is 0.351 e. The van der Waals surface area contributed by atoms with Gasteiger partial charge in [0.05, 0.1) is 6.61 Å². The van der Waals surface area contributed by atoms with Crippen molar-refractivity contribution in [3.05, 3.63) is 34.9 Å². The van der Waals surface area contributed by atoms with Crippen molar-refractivity contribution in [2.24, 2.45) is 0 Å². The Morgan fingerprint density at radius 3 is 2.95 bits per heavy atom. The first-order chi connectivity index (χ1) is 8.85. The van der Waals surface area contributed by atoms with Gasteiger partial charge in [0.25, 0.3) is 0 Å². The van der Waals surface area contributed by atoms with Crippen LogP contribution < -0.4 is 17.6 Å². The van der Waals surface area contributed by atoms with Crippen molar-refractivity contribution in [3.8, 4) is 0 Å². The number of nitrogens with zero attached hydrogens (tertiary/aromatic N) is 2. The van der Waals surface area contributed by atoms with Crippen LogP contribution in [-0.4, -0.2) is 33.8 Å². The highest BCUT2D eigenvalue weighted by atomic mass is 32.5. The Morgan fingerprint density at radius 2 is 2.35 bits per heavy atom. The molecule has 0 spiro atoms. The fourth-order valence-corrected chi connectivity index (χ4v) is 2.18. The second-order valence-electron chi connectivity index (χ2n) is 4.09. The molecule has 1 aliphatic rings. The molecule has 2 rings (SSSR count). The normalized spacial score (nSPS) is 24.1. The van der Waals surface area contributed by atoms with Gasteiger partial charge < -0.3 is 26.0 Å². The van der Waals surface area contributed by atoms with Gasteiger partial charge in [0, 0.05) is 12.9 Å². The Labute approximate surface area is 121 Å². The lowest BCUT2D eigenvalue weighted by Gasteiger charge is -2.17. The summed E-state index contributed by atoms with van der Waals surface area (Å²) < 4.78 is 12.0. The van der Waals surface area contributed by atoms with Crippen LogP contribution in [0.2, 0.25) is 0 Å². The van der Waals surface area contributed by atoms with E-state index in [9.17, 15) is 9.69 Å². The highest BCUT2D eigenvalue weighted by Gasteiger charge is 2.23. The maximum atomic E-state index is 11.6. The zero-order valence-corrected chi connectivity index (χ0v) is 12.6. The summed E-state index contributed by atoms with van der Waals surface area (Å²) in [6.45, 7) is -1.09. The molecule has 0 aliphatic carbocycles. The third-order valence-corrected chi connectivity index (χ3v) is 3.35. The lowest BCUT2D eigenvalue weighted by atomic mass is 10.4. The van der Waals surface area contributed by atoms with Crippen molar-refractivity contribution in [2.75, 3.05) is 19.0 Å². The predicted octanol–water partition coefficient (Wildman–Crippen LogP) is 0.389. The number of anilines is 1. The Kier molecular flexibility index (Phi) is 5.58. The second-order valence-corrected chi connectivity index (χ2v) is 7.99. The van der Waals surface area contributed by atoms with Gasteiger partial charge in [0.15, 0.2) is 12.7 Å². The first kappa shape index (κ1) is 17.0. The molecule has 0 saturated heterocycles. The van der Waals surface area contributed by atoms with Gasteiger partial charge in [-0.1, -0.05) is 6.08 Å². The van der Waals surface area contributed by atoms with E-state index >= 15 is 0 Å². The summed E-state index contributed by atoms with van der Waals surface area (Å²) in [4.78, 5) is 24.6. The van der Waals surface area contributed by atoms with Crippen molar-refractivity contribution in [1.82, 2.24) is 15.7 Å². The Hall–Kier alpha value is -1.09. The molecular formula is C10H17N4O4PS. The van der Waals surface area contributed by atoms with Crippen molar-refractivity contribution < 1.29 is 14.2 Å². The van der Waals surface area contributed by atoms with E-state index < -0.39 is 18.4 Å². The molecule has 0 fully saturated rings. The number of nitrogens with two attached hydrogens (primary N) is 1. The zero-order valence-electron chi connectivity index (χ0n) is 10.9. The van der Waals surface area contributed by atoms with Crippen molar-refractivity contribution >= 4 is 24.1 Å². The molecule has 0 bridgehead atoms. The molecule has 3 unspecified atom stereocenters. The molecule has 0 aromatic carbocycles. The molecule has 0 radical (unpaired) electrons. The minimum Gasteiger partial charge on any atom is -0.383 e. The molecule has 1 aromatic rings. The van der Waals surface area contributed by atoms with E-state index in [2.05, 4.69) is 4.98 Å². The van der Waals surface area contributed by atoms with Crippen LogP contribution in [0.1, 0.15) is 6.23 Å². The van der Waals surface area contributed by atoms with Gasteiger partial charge in [-0.25, -0.2) is 4.79 Å². The minimum atomic E-state index is -2.70. The molecule has 3 atom stereocenters. The highest BCUT2D eigenvalue weighted by Crippen LogP contribution is 2.37. The highest BCUT2D eigenvalue weighted by molar-refractivity contribution is 8.09. The fourth-order valence-electron chi connectivity index (χ4n) is 1.57. The summed E-state index contributed by atoms with van der Waals surface area (Å²) in [5.41, 5.74) is 4.92. The molecular weight excluding hydrogens is 303 g/mol. The molecule has 2 heterocycles. The molecule has 20 heavy (non-hydrogen) atoms. The Balaban J connectivity index is 0.00000200. The van der Waals surface area contributed by atoms with Gasteiger partial charge in [-0.15, -0.1) is 0 Å². The molecule has 1 aromatic heterocycles. The van der Waals surface area contributed by atoms with E-state index in [1.54, 1.807) is 12.2 Å². The van der Waals surface area contributed by atoms with E-state index in [-0.39, 0.29) is 24.7 Å². The number of rotatable bonds is 4. The first-order valence-corrected chi connectivity index (χ1v) is 8.60. The lowest BCUT2D eigenvalue weighted by Crippen LogP contribution is -2.28. The lowest BCUT2D eigenvalue weighted by molar-refractivity contribution is -0.00498. The quantitative estimate of drug-likeness (QED) is 0.535. The minimum absolute atomic E-state index is 0. The molecule has 8 nitrogen and oxygen atoms in total. The van der Waals surface area contributed by atoms with Crippen LogP contribution in [0.4, 0.5) is 5.82 Å². The van der Waals surface area contributed by atoms with Crippen LogP contribution in [0.3, 0.4) is 0 Å². The van der Waals surface area contributed by atoms with Gasteiger partial charge in [0.1, 0.15) is 11.9 Å². The van der Waals surface area contributed by atoms with E-state index in [0.29, 0.717) is 0 Å². The van der Waals surface area contributed by atoms with Gasteiger partial charge in [-0.2, -0.15) is 4.98 Å². The van der Waals surface area contributed by atoms with Gasteiger partial charge >= 0.3 is 5.69 Å². The van der Waals surface area contributed by atoms with Crippen LogP contribution in [0.25, 0.3) is 0 Å². The summed E-state index contributed by atoms with van der Waals surface area (Å²) in [6.07, 6.45) is 4.06. The van der Waals surface area contributed by atoms with Crippen LogP contribution in [0.5, 0.6) is 0 Å². The Bertz CT molecular complexity index is 599. The molecule has 6 N–H and O–H groups in total. The molecule has 1 aliphatic heterocycles. The van der Waals surface area contributed by atoms with Crippen LogP contribution in [-0.2, 0) is 21.1 Å². The standard InChI is InChI=1S/C10H14N3O4PS.H3N/c1-18(15,19)16-6-7-2-3-9(17-7)13-5-4-8(11)12-10(13)14;/h2-5,7,9H,6H2,1H3,(H,15,19)(H2,11,12,14);1H3. The fraction of sp³-hybridized carbons (Fsp3) is 0.400. The third kappa shape index (κ3) is 4.48. The van der Waals surface area contributed by atoms with E-state index in [0.717, 1.165) is 0 Å². The molecule has 0 amide bonds. The summed E-state index contributed by atoms with van der Waals surface area (Å²) in [7, 11) is 0. The number of aromatic nitrogens is 2. The number of hydrogen-bond donors (Lipinski definition) is 3. The predicted molar refractivity (Wildman–Crippen MR) is 79.4 cm³/mol. The summed E-state index contributed by atoms with van der Waals surface area (Å²) >= 11 is 4.76. The van der Waals surface area contributed by atoms with Crippen LogP contribution in [0.15, 0.2) is 29.2 Å². The largest absolute Gasteiger partial charge is 0.383 e. The van der Waals surface area contributed by atoms with Crippen molar-refractivity contribution in [2.45, 2.75) is 12.3 Å².